The van der Waals surface area contributed by atoms with Crippen molar-refractivity contribution in [3.05, 3.63) is 65.5 Å². The van der Waals surface area contributed by atoms with Gasteiger partial charge in [0.1, 0.15) is 17.8 Å². The van der Waals surface area contributed by atoms with Crippen molar-refractivity contribution in [1.29, 1.82) is 0 Å². The first-order chi connectivity index (χ1) is 14.8. The SMILES string of the molecule is Cc1ccccc1-c1noc(CN2C(=O)NC(C)(c3ccc(OC(F)F)cc3)C2=O)n1. The van der Waals surface area contributed by atoms with Crippen molar-refractivity contribution in [1.82, 2.24) is 20.4 Å². The number of alkyl halides is 2. The first-order valence-corrected chi connectivity index (χ1v) is 9.36. The number of imide groups is 1. The second-order valence-electron chi connectivity index (χ2n) is 7.18. The highest BCUT2D eigenvalue weighted by atomic mass is 19.3. The highest BCUT2D eigenvalue weighted by Crippen LogP contribution is 2.31. The molecule has 8 nitrogen and oxygen atoms in total. The average Bonchev–Trinajstić information content (AvgIpc) is 3.27. The Morgan fingerprint density at radius 1 is 1.16 bits per heavy atom. The molecule has 1 unspecified atom stereocenters. The molecule has 3 amide bonds. The number of amides is 3. The van der Waals surface area contributed by atoms with Crippen LogP contribution in [-0.4, -0.2) is 33.6 Å². The number of aryl methyl sites for hydroxylation is 1. The number of nitrogens with one attached hydrogen (secondary N) is 1. The van der Waals surface area contributed by atoms with E-state index in [1.165, 1.54) is 31.2 Å². The third-order valence-corrected chi connectivity index (χ3v) is 5.08. The maximum absolute atomic E-state index is 13.0. The summed E-state index contributed by atoms with van der Waals surface area (Å²) in [4.78, 5) is 30.8. The number of halogens is 2. The smallest absolute Gasteiger partial charge is 0.387 e. The molecule has 1 aliphatic heterocycles. The van der Waals surface area contributed by atoms with Crippen molar-refractivity contribution in [2.45, 2.75) is 32.5 Å². The first kappa shape index (κ1) is 20.5. The van der Waals surface area contributed by atoms with Gasteiger partial charge >= 0.3 is 12.6 Å². The maximum Gasteiger partial charge on any atom is 0.387 e. The monoisotopic (exact) mass is 428 g/mol. The molecule has 1 aromatic heterocycles. The van der Waals surface area contributed by atoms with Crippen LogP contribution in [-0.2, 0) is 16.9 Å². The lowest BCUT2D eigenvalue weighted by molar-refractivity contribution is -0.131. The Kier molecular flexibility index (Phi) is 5.14. The molecule has 4 rings (SSSR count). The molecule has 2 heterocycles. The van der Waals surface area contributed by atoms with Crippen LogP contribution in [0.25, 0.3) is 11.4 Å². The average molecular weight is 428 g/mol. The van der Waals surface area contributed by atoms with Gasteiger partial charge in [-0.3, -0.25) is 9.69 Å². The van der Waals surface area contributed by atoms with Crippen molar-refractivity contribution in [3.8, 4) is 17.1 Å². The van der Waals surface area contributed by atoms with Crippen molar-refractivity contribution in [2.75, 3.05) is 0 Å². The predicted octanol–water partition coefficient (Wildman–Crippen LogP) is 3.61. The van der Waals surface area contributed by atoms with Crippen LogP contribution < -0.4 is 10.1 Å². The van der Waals surface area contributed by atoms with Gasteiger partial charge in [0.25, 0.3) is 5.91 Å². The zero-order chi connectivity index (χ0) is 22.2. The molecule has 1 N–H and O–H groups in total. The fraction of sp³-hybridized carbons (Fsp3) is 0.238. The molecule has 0 bridgehead atoms. The molecule has 1 fully saturated rings. The Bertz CT molecular complexity index is 1130. The Morgan fingerprint density at radius 2 is 1.87 bits per heavy atom. The van der Waals surface area contributed by atoms with E-state index in [4.69, 9.17) is 4.52 Å². The zero-order valence-corrected chi connectivity index (χ0v) is 16.6. The van der Waals surface area contributed by atoms with Crippen molar-refractivity contribution in [3.63, 3.8) is 0 Å². The number of carbonyl (C=O) groups excluding carboxylic acids is 2. The number of hydrogen-bond acceptors (Lipinski definition) is 6. The Hall–Kier alpha value is -3.82. The minimum Gasteiger partial charge on any atom is -0.435 e. The lowest BCUT2D eigenvalue weighted by atomic mass is 9.92. The van der Waals surface area contributed by atoms with Gasteiger partial charge in [-0.05, 0) is 37.1 Å². The van der Waals surface area contributed by atoms with Crippen LogP contribution in [0, 0.1) is 6.92 Å². The van der Waals surface area contributed by atoms with Gasteiger partial charge in [0.05, 0.1) is 0 Å². The molecule has 10 heteroatoms. The van der Waals surface area contributed by atoms with Gasteiger partial charge in [-0.1, -0.05) is 41.6 Å². The summed E-state index contributed by atoms with van der Waals surface area (Å²) in [5.41, 5.74) is 0.780. The minimum atomic E-state index is -2.95. The number of carbonyl (C=O) groups is 2. The molecular formula is C21H18F2N4O4. The number of nitrogens with zero attached hydrogens (tertiary/aromatic N) is 3. The van der Waals surface area contributed by atoms with E-state index in [0.29, 0.717) is 11.4 Å². The lowest BCUT2D eigenvalue weighted by Crippen LogP contribution is -2.40. The van der Waals surface area contributed by atoms with Gasteiger partial charge in [0.2, 0.25) is 11.7 Å². The van der Waals surface area contributed by atoms with Gasteiger partial charge in [-0.25, -0.2) is 4.79 Å². The maximum atomic E-state index is 13.0. The van der Waals surface area contributed by atoms with E-state index in [2.05, 4.69) is 20.2 Å². The molecule has 160 valence electrons. The summed E-state index contributed by atoms with van der Waals surface area (Å²) in [6.45, 7) is 0.282. The first-order valence-electron chi connectivity index (χ1n) is 9.36. The molecule has 3 aromatic rings. The van der Waals surface area contributed by atoms with Crippen LogP contribution in [0.3, 0.4) is 0 Å². The van der Waals surface area contributed by atoms with Crippen molar-refractivity contribution in [2.24, 2.45) is 0 Å². The Morgan fingerprint density at radius 3 is 2.55 bits per heavy atom. The Balaban J connectivity index is 1.53. The topological polar surface area (TPSA) is 97.6 Å². The fourth-order valence-electron chi connectivity index (χ4n) is 3.39. The molecular weight excluding hydrogens is 410 g/mol. The van der Waals surface area contributed by atoms with Crippen molar-refractivity contribution >= 4 is 11.9 Å². The van der Waals surface area contributed by atoms with Crippen LogP contribution in [0.1, 0.15) is 23.9 Å². The van der Waals surface area contributed by atoms with Gasteiger partial charge < -0.3 is 14.6 Å². The highest BCUT2D eigenvalue weighted by Gasteiger charge is 2.49. The molecule has 0 spiro atoms. The molecule has 1 saturated heterocycles. The highest BCUT2D eigenvalue weighted by molar-refractivity contribution is 6.07. The summed E-state index contributed by atoms with van der Waals surface area (Å²) in [6.07, 6.45) is 0. The van der Waals surface area contributed by atoms with E-state index in [-0.39, 0.29) is 18.2 Å². The summed E-state index contributed by atoms with van der Waals surface area (Å²) >= 11 is 0. The van der Waals surface area contributed by atoms with Gasteiger partial charge in [0.15, 0.2) is 0 Å². The third kappa shape index (κ3) is 3.83. The Labute approximate surface area is 175 Å². The number of ether oxygens (including phenoxy) is 1. The predicted molar refractivity (Wildman–Crippen MR) is 104 cm³/mol. The number of hydrogen-bond donors (Lipinski definition) is 1. The molecule has 31 heavy (non-hydrogen) atoms. The van der Waals surface area contributed by atoms with Crippen LogP contribution in [0.2, 0.25) is 0 Å². The van der Waals surface area contributed by atoms with E-state index in [9.17, 15) is 18.4 Å². The normalized spacial score (nSPS) is 18.5. The lowest BCUT2D eigenvalue weighted by Gasteiger charge is -2.22. The molecule has 0 saturated carbocycles. The van der Waals surface area contributed by atoms with Gasteiger partial charge in [-0.15, -0.1) is 0 Å². The second kappa shape index (κ2) is 7.78. The van der Waals surface area contributed by atoms with Crippen LogP contribution in [0.5, 0.6) is 5.75 Å². The molecule has 0 aliphatic carbocycles. The van der Waals surface area contributed by atoms with E-state index >= 15 is 0 Å². The van der Waals surface area contributed by atoms with Crippen molar-refractivity contribution < 1.29 is 27.6 Å². The van der Waals surface area contributed by atoms with E-state index in [1.807, 2.05) is 31.2 Å². The standard InChI is InChI=1S/C21H18F2N4O4/c1-12-5-3-4-6-15(12)17-24-16(31-26-17)11-27-18(28)21(2,25-20(27)29)13-7-9-14(10-8-13)30-19(22)23/h3-10,19H,11H2,1-2H3,(H,25,29). The second-order valence-corrected chi connectivity index (χ2v) is 7.18. The third-order valence-electron chi connectivity index (χ3n) is 5.08. The molecule has 1 aliphatic rings. The molecule has 1 atom stereocenters. The summed E-state index contributed by atoms with van der Waals surface area (Å²) in [6, 6.07) is 12.4. The molecule has 2 aromatic carbocycles. The van der Waals surface area contributed by atoms with E-state index < -0.39 is 24.1 Å². The quantitative estimate of drug-likeness (QED) is 0.603. The summed E-state index contributed by atoms with van der Waals surface area (Å²) in [5.74, 6) is -0.120. The van der Waals surface area contributed by atoms with Crippen LogP contribution in [0.4, 0.5) is 13.6 Å². The van der Waals surface area contributed by atoms with E-state index in [0.717, 1.165) is 16.0 Å². The summed E-state index contributed by atoms with van der Waals surface area (Å²) < 4.78 is 34.2. The number of aromatic nitrogens is 2. The van der Waals surface area contributed by atoms with E-state index in [1.54, 1.807) is 0 Å². The van der Waals surface area contributed by atoms with Gasteiger partial charge in [-0.2, -0.15) is 13.8 Å². The van der Waals surface area contributed by atoms with Crippen LogP contribution in [0.15, 0.2) is 53.1 Å². The largest absolute Gasteiger partial charge is 0.435 e. The minimum absolute atomic E-state index is 0.0504. The summed E-state index contributed by atoms with van der Waals surface area (Å²) in [7, 11) is 0. The number of rotatable bonds is 6. The molecule has 0 radical (unpaired) electrons. The summed E-state index contributed by atoms with van der Waals surface area (Å²) in [5, 5.41) is 6.57. The zero-order valence-electron chi connectivity index (χ0n) is 16.6. The number of urea groups is 1. The fourth-order valence-corrected chi connectivity index (χ4v) is 3.39. The number of benzene rings is 2. The van der Waals surface area contributed by atoms with Crippen LogP contribution >= 0.6 is 0 Å². The van der Waals surface area contributed by atoms with Gasteiger partial charge in [0, 0.05) is 5.56 Å².